The normalized spacial score (nSPS) is 20.3. The van der Waals surface area contributed by atoms with Gasteiger partial charge in [-0.3, -0.25) is 0 Å². The molecule has 1 fully saturated rings. The van der Waals surface area contributed by atoms with Crippen LogP contribution in [0.5, 0.6) is 0 Å². The van der Waals surface area contributed by atoms with Crippen molar-refractivity contribution in [3.05, 3.63) is 74.6 Å². The van der Waals surface area contributed by atoms with Crippen LogP contribution >= 0.6 is 35.1 Å². The first-order chi connectivity index (χ1) is 12.9. The van der Waals surface area contributed by atoms with E-state index in [1.807, 2.05) is 36.5 Å². The van der Waals surface area contributed by atoms with Gasteiger partial charge >= 0.3 is 0 Å². The Labute approximate surface area is 175 Å². The number of thioether (sulfide) groups is 2. The largest absolute Gasteiger partial charge is 0.250 e. The van der Waals surface area contributed by atoms with Gasteiger partial charge in [-0.2, -0.15) is 0 Å². The molecular formula is C22H23ClN2S2. The SMILES string of the molecule is CC(C)=C1CC(C)/C(=C\Sc2cc(C)ccn2)C(=Nc2ccc(Cl)cc2)S1. The van der Waals surface area contributed by atoms with E-state index in [1.165, 1.54) is 21.6 Å². The van der Waals surface area contributed by atoms with Gasteiger partial charge in [0.25, 0.3) is 0 Å². The van der Waals surface area contributed by atoms with E-state index < -0.39 is 0 Å². The predicted octanol–water partition coefficient (Wildman–Crippen LogP) is 7.82. The number of allylic oxidation sites excluding steroid dienone is 2. The molecular weight excluding hydrogens is 392 g/mol. The van der Waals surface area contributed by atoms with Gasteiger partial charge in [-0.15, -0.1) is 0 Å². The number of aromatic nitrogens is 1. The van der Waals surface area contributed by atoms with Crippen LogP contribution in [0.25, 0.3) is 0 Å². The molecule has 1 saturated heterocycles. The minimum atomic E-state index is 0.416. The van der Waals surface area contributed by atoms with Gasteiger partial charge in [0, 0.05) is 11.2 Å². The number of aliphatic imine (C=N–C) groups is 1. The molecule has 0 radical (unpaired) electrons. The van der Waals surface area contributed by atoms with E-state index in [2.05, 4.69) is 44.2 Å². The van der Waals surface area contributed by atoms with Gasteiger partial charge in [0.2, 0.25) is 0 Å². The molecule has 1 aromatic carbocycles. The van der Waals surface area contributed by atoms with Gasteiger partial charge in [0.1, 0.15) is 10.1 Å². The molecule has 1 aliphatic rings. The zero-order valence-corrected chi connectivity index (χ0v) is 18.4. The fraction of sp³-hybridized carbons (Fsp3) is 0.273. The summed E-state index contributed by atoms with van der Waals surface area (Å²) >= 11 is 9.47. The number of aryl methyl sites for hydroxylation is 1. The molecule has 3 rings (SSSR count). The summed E-state index contributed by atoms with van der Waals surface area (Å²) in [6, 6.07) is 11.8. The summed E-state index contributed by atoms with van der Waals surface area (Å²) in [6.07, 6.45) is 2.92. The van der Waals surface area contributed by atoms with Crippen molar-refractivity contribution in [3.63, 3.8) is 0 Å². The molecule has 27 heavy (non-hydrogen) atoms. The molecule has 0 aliphatic carbocycles. The Balaban J connectivity index is 1.96. The topological polar surface area (TPSA) is 25.2 Å². The van der Waals surface area contributed by atoms with Crippen molar-refractivity contribution in [3.8, 4) is 0 Å². The van der Waals surface area contributed by atoms with Crippen LogP contribution < -0.4 is 0 Å². The number of hydrogen-bond donors (Lipinski definition) is 0. The summed E-state index contributed by atoms with van der Waals surface area (Å²) in [5.74, 6) is 0.416. The lowest BCUT2D eigenvalue weighted by Gasteiger charge is -2.26. The Bertz CT molecular complexity index is 910. The highest BCUT2D eigenvalue weighted by Crippen LogP contribution is 2.42. The zero-order chi connectivity index (χ0) is 19.4. The Hall–Kier alpha value is -1.49. The summed E-state index contributed by atoms with van der Waals surface area (Å²) in [4.78, 5) is 10.8. The lowest BCUT2D eigenvalue weighted by Crippen LogP contribution is -2.15. The molecule has 0 spiro atoms. The molecule has 2 aromatic rings. The number of nitrogens with zero attached hydrogens (tertiary/aromatic N) is 2. The highest BCUT2D eigenvalue weighted by Gasteiger charge is 2.25. The Morgan fingerprint density at radius 2 is 2.00 bits per heavy atom. The second kappa shape index (κ2) is 9.13. The van der Waals surface area contributed by atoms with Crippen LogP contribution in [0.1, 0.15) is 32.8 Å². The lowest BCUT2D eigenvalue weighted by molar-refractivity contribution is 0.710. The third kappa shape index (κ3) is 5.50. The van der Waals surface area contributed by atoms with Gasteiger partial charge < -0.3 is 0 Å². The Morgan fingerprint density at radius 3 is 2.67 bits per heavy atom. The highest BCUT2D eigenvalue weighted by molar-refractivity contribution is 8.17. The Kier molecular flexibility index (Phi) is 6.85. The molecule has 0 amide bonds. The van der Waals surface area contributed by atoms with Gasteiger partial charge in [-0.25, -0.2) is 9.98 Å². The number of halogens is 1. The summed E-state index contributed by atoms with van der Waals surface area (Å²) in [7, 11) is 0. The number of benzene rings is 1. The van der Waals surface area contributed by atoms with Crippen molar-refractivity contribution >= 4 is 45.9 Å². The van der Waals surface area contributed by atoms with Crippen LogP contribution in [0.3, 0.4) is 0 Å². The van der Waals surface area contributed by atoms with Gasteiger partial charge in [0.15, 0.2) is 0 Å². The van der Waals surface area contributed by atoms with Crippen LogP contribution in [-0.4, -0.2) is 10.0 Å². The fourth-order valence-electron chi connectivity index (χ4n) is 2.71. The smallest absolute Gasteiger partial charge is 0.105 e. The summed E-state index contributed by atoms with van der Waals surface area (Å²) in [6.45, 7) is 8.72. The molecule has 0 bridgehead atoms. The fourth-order valence-corrected chi connectivity index (χ4v) is 5.17. The minimum Gasteiger partial charge on any atom is -0.250 e. The first kappa shape index (κ1) is 20.2. The van der Waals surface area contributed by atoms with Crippen molar-refractivity contribution < 1.29 is 0 Å². The van der Waals surface area contributed by atoms with E-state index in [0.29, 0.717) is 5.92 Å². The summed E-state index contributed by atoms with van der Waals surface area (Å²) in [5, 5.41) is 5.02. The maximum Gasteiger partial charge on any atom is 0.105 e. The maximum atomic E-state index is 6.02. The standard InChI is InChI=1S/C22H23ClN2S2/c1-14(2)20-12-16(4)19(13-26-21-11-15(3)9-10-24-21)22(27-20)25-18-7-5-17(23)6-8-18/h5-11,13,16H,12H2,1-4H3/b19-13+,25-22?. The van der Waals surface area contributed by atoms with Crippen LogP contribution in [-0.2, 0) is 0 Å². The van der Waals surface area contributed by atoms with E-state index in [9.17, 15) is 0 Å². The maximum absolute atomic E-state index is 6.02. The molecule has 2 nitrogen and oxygen atoms in total. The van der Waals surface area contributed by atoms with E-state index in [1.54, 1.807) is 23.5 Å². The first-order valence-electron chi connectivity index (χ1n) is 8.90. The average Bonchev–Trinajstić information content (AvgIpc) is 2.62. The van der Waals surface area contributed by atoms with Crippen molar-refractivity contribution in [1.29, 1.82) is 0 Å². The minimum absolute atomic E-state index is 0.416. The van der Waals surface area contributed by atoms with E-state index in [4.69, 9.17) is 16.6 Å². The number of pyridine rings is 1. The van der Waals surface area contributed by atoms with Crippen LogP contribution in [0.4, 0.5) is 5.69 Å². The molecule has 1 aromatic heterocycles. The summed E-state index contributed by atoms with van der Waals surface area (Å²) in [5.41, 5.74) is 4.78. The van der Waals surface area contributed by atoms with E-state index in [0.717, 1.165) is 27.2 Å². The molecule has 1 atom stereocenters. The monoisotopic (exact) mass is 414 g/mol. The average molecular weight is 415 g/mol. The molecule has 5 heteroatoms. The van der Waals surface area contributed by atoms with E-state index in [-0.39, 0.29) is 0 Å². The second-order valence-electron chi connectivity index (χ2n) is 6.89. The Morgan fingerprint density at radius 1 is 1.26 bits per heavy atom. The van der Waals surface area contributed by atoms with Gasteiger partial charge in [-0.05, 0) is 91.0 Å². The van der Waals surface area contributed by atoms with E-state index >= 15 is 0 Å². The molecule has 140 valence electrons. The van der Waals surface area contributed by atoms with Crippen LogP contribution in [0.15, 0.2) is 74.1 Å². The number of rotatable bonds is 3. The van der Waals surface area contributed by atoms with Gasteiger partial charge in [-0.1, -0.05) is 47.6 Å². The van der Waals surface area contributed by atoms with Crippen LogP contribution in [0, 0.1) is 12.8 Å². The number of hydrogen-bond acceptors (Lipinski definition) is 4. The first-order valence-corrected chi connectivity index (χ1v) is 11.0. The molecule has 0 saturated carbocycles. The third-order valence-electron chi connectivity index (χ3n) is 4.30. The zero-order valence-electron chi connectivity index (χ0n) is 16.0. The van der Waals surface area contributed by atoms with Crippen molar-refractivity contribution in [2.24, 2.45) is 10.9 Å². The predicted molar refractivity (Wildman–Crippen MR) is 121 cm³/mol. The third-order valence-corrected chi connectivity index (χ3v) is 6.73. The molecule has 1 aliphatic heterocycles. The summed E-state index contributed by atoms with van der Waals surface area (Å²) < 4.78 is 0. The lowest BCUT2D eigenvalue weighted by atomic mass is 9.97. The highest BCUT2D eigenvalue weighted by atomic mass is 35.5. The molecule has 0 N–H and O–H groups in total. The van der Waals surface area contributed by atoms with Crippen molar-refractivity contribution in [2.45, 2.75) is 39.1 Å². The molecule has 1 unspecified atom stereocenters. The van der Waals surface area contributed by atoms with Gasteiger partial charge in [0.05, 0.1) is 5.69 Å². The quantitative estimate of drug-likeness (QED) is 0.478. The van der Waals surface area contributed by atoms with Crippen molar-refractivity contribution in [1.82, 2.24) is 4.98 Å². The van der Waals surface area contributed by atoms with Crippen molar-refractivity contribution in [2.75, 3.05) is 0 Å². The second-order valence-corrected chi connectivity index (χ2v) is 9.30. The molecule has 2 heterocycles. The van der Waals surface area contributed by atoms with Crippen LogP contribution in [0.2, 0.25) is 5.02 Å².